The molecule has 0 spiro atoms. The van der Waals surface area contributed by atoms with Crippen LogP contribution in [-0.2, 0) is 6.54 Å². The van der Waals surface area contributed by atoms with Gasteiger partial charge < -0.3 is 14.7 Å². The number of ether oxygens (including phenoxy) is 1. The van der Waals surface area contributed by atoms with Crippen molar-refractivity contribution in [3.63, 3.8) is 0 Å². The summed E-state index contributed by atoms with van der Waals surface area (Å²) in [5, 5.41) is 9.82. The van der Waals surface area contributed by atoms with Gasteiger partial charge in [-0.2, -0.15) is 0 Å². The lowest BCUT2D eigenvalue weighted by atomic mass is 10.1. The number of rotatable bonds is 6. The number of anilines is 1. The summed E-state index contributed by atoms with van der Waals surface area (Å²) in [6, 6.07) is 16.2. The molecule has 0 amide bonds. The molecule has 3 heteroatoms. The van der Waals surface area contributed by atoms with Crippen molar-refractivity contribution in [2.75, 3.05) is 19.1 Å². The van der Waals surface area contributed by atoms with Crippen LogP contribution in [-0.4, -0.2) is 19.3 Å². The van der Waals surface area contributed by atoms with Crippen molar-refractivity contribution in [1.29, 1.82) is 0 Å². The van der Waals surface area contributed by atoms with Gasteiger partial charge in [0.05, 0.1) is 13.2 Å². The van der Waals surface area contributed by atoms with Crippen LogP contribution in [0.15, 0.2) is 48.5 Å². The molecule has 0 aliphatic heterocycles. The van der Waals surface area contributed by atoms with E-state index in [0.717, 1.165) is 30.0 Å². The first kappa shape index (κ1) is 15.4. The molecule has 0 aliphatic rings. The van der Waals surface area contributed by atoms with Gasteiger partial charge in [0, 0.05) is 19.3 Å². The molecule has 0 heterocycles. The summed E-state index contributed by atoms with van der Waals surface area (Å²) in [6.07, 6.45) is 0.363. The van der Waals surface area contributed by atoms with Crippen LogP contribution in [0.4, 0.5) is 5.69 Å². The number of aliphatic hydroxyl groups is 1. The zero-order valence-corrected chi connectivity index (χ0v) is 12.9. The van der Waals surface area contributed by atoms with Crippen molar-refractivity contribution in [1.82, 2.24) is 0 Å². The van der Waals surface area contributed by atoms with Gasteiger partial charge in [-0.3, -0.25) is 0 Å². The maximum absolute atomic E-state index is 9.82. The fourth-order valence-electron chi connectivity index (χ4n) is 2.32. The summed E-state index contributed by atoms with van der Waals surface area (Å²) in [4.78, 5) is 2.18. The summed E-state index contributed by atoms with van der Waals surface area (Å²) in [7, 11) is 3.74. The van der Waals surface area contributed by atoms with Crippen LogP contribution in [0.5, 0.6) is 5.75 Å². The maximum atomic E-state index is 9.82. The molecule has 2 aromatic carbocycles. The Hall–Kier alpha value is -2.00. The lowest BCUT2D eigenvalue weighted by molar-refractivity contribution is 0.173. The van der Waals surface area contributed by atoms with Gasteiger partial charge in [0.1, 0.15) is 5.75 Å². The normalized spacial score (nSPS) is 12.0. The quantitative estimate of drug-likeness (QED) is 0.877. The Morgan fingerprint density at radius 1 is 1.14 bits per heavy atom. The van der Waals surface area contributed by atoms with Crippen molar-refractivity contribution < 1.29 is 9.84 Å². The number of hydrogen-bond acceptors (Lipinski definition) is 3. The van der Waals surface area contributed by atoms with Crippen LogP contribution >= 0.6 is 0 Å². The van der Waals surface area contributed by atoms with Gasteiger partial charge in [0.15, 0.2) is 0 Å². The highest BCUT2D eigenvalue weighted by atomic mass is 16.5. The smallest absolute Gasteiger partial charge is 0.119 e. The van der Waals surface area contributed by atoms with Crippen molar-refractivity contribution >= 4 is 5.69 Å². The molecule has 0 aliphatic carbocycles. The molecule has 0 aromatic heterocycles. The zero-order chi connectivity index (χ0) is 15.2. The first-order chi connectivity index (χ1) is 10.1. The SMILES string of the molecule is CCC(O)c1ccc(N(C)Cc2cccc(OC)c2)cc1. The van der Waals surface area contributed by atoms with E-state index in [1.165, 1.54) is 5.56 Å². The molecule has 1 N–H and O–H groups in total. The lowest BCUT2D eigenvalue weighted by Gasteiger charge is -2.20. The van der Waals surface area contributed by atoms with Crippen molar-refractivity contribution in [3.8, 4) is 5.75 Å². The Morgan fingerprint density at radius 2 is 1.86 bits per heavy atom. The van der Waals surface area contributed by atoms with Crippen molar-refractivity contribution in [3.05, 3.63) is 59.7 Å². The molecule has 21 heavy (non-hydrogen) atoms. The van der Waals surface area contributed by atoms with Gasteiger partial charge in [0.2, 0.25) is 0 Å². The zero-order valence-electron chi connectivity index (χ0n) is 12.9. The molecule has 1 unspecified atom stereocenters. The highest BCUT2D eigenvalue weighted by Crippen LogP contribution is 2.22. The van der Waals surface area contributed by atoms with E-state index in [0.29, 0.717) is 0 Å². The van der Waals surface area contributed by atoms with Gasteiger partial charge in [-0.05, 0) is 41.8 Å². The molecule has 1 atom stereocenters. The van der Waals surface area contributed by atoms with E-state index in [9.17, 15) is 5.11 Å². The lowest BCUT2D eigenvalue weighted by Crippen LogP contribution is -2.16. The van der Waals surface area contributed by atoms with Crippen LogP contribution in [0.2, 0.25) is 0 Å². The standard InChI is InChI=1S/C18H23NO2/c1-4-18(20)15-8-10-16(11-9-15)19(2)13-14-6-5-7-17(12-14)21-3/h5-12,18,20H,4,13H2,1-3H3. The second-order valence-corrected chi connectivity index (χ2v) is 5.22. The number of aliphatic hydroxyl groups excluding tert-OH is 1. The second-order valence-electron chi connectivity index (χ2n) is 5.22. The molecule has 0 bridgehead atoms. The van der Waals surface area contributed by atoms with Crippen molar-refractivity contribution in [2.24, 2.45) is 0 Å². The molecule has 3 nitrogen and oxygen atoms in total. The molecule has 2 rings (SSSR count). The molecule has 112 valence electrons. The summed E-state index contributed by atoms with van der Waals surface area (Å²) < 4.78 is 5.25. The van der Waals surface area contributed by atoms with Gasteiger partial charge in [-0.25, -0.2) is 0 Å². The summed E-state index contributed by atoms with van der Waals surface area (Å²) in [5.74, 6) is 0.877. The predicted molar refractivity (Wildman–Crippen MR) is 86.8 cm³/mol. The van der Waals surface area contributed by atoms with E-state index in [1.54, 1.807) is 7.11 Å². The van der Waals surface area contributed by atoms with E-state index < -0.39 is 0 Å². The van der Waals surface area contributed by atoms with E-state index in [2.05, 4.69) is 18.0 Å². The Morgan fingerprint density at radius 3 is 2.48 bits per heavy atom. The fraction of sp³-hybridized carbons (Fsp3) is 0.333. The Balaban J connectivity index is 2.07. The minimum Gasteiger partial charge on any atom is -0.497 e. The molecule has 0 saturated carbocycles. The van der Waals surface area contributed by atoms with E-state index in [1.807, 2.05) is 49.4 Å². The highest BCUT2D eigenvalue weighted by Gasteiger charge is 2.07. The third kappa shape index (κ3) is 3.99. The van der Waals surface area contributed by atoms with E-state index in [4.69, 9.17) is 4.74 Å². The van der Waals surface area contributed by atoms with Gasteiger partial charge in [-0.15, -0.1) is 0 Å². The number of benzene rings is 2. The molecule has 0 radical (unpaired) electrons. The van der Waals surface area contributed by atoms with Crippen LogP contribution < -0.4 is 9.64 Å². The first-order valence-electron chi connectivity index (χ1n) is 7.26. The number of hydrogen-bond donors (Lipinski definition) is 1. The largest absolute Gasteiger partial charge is 0.497 e. The van der Waals surface area contributed by atoms with Crippen molar-refractivity contribution in [2.45, 2.75) is 26.0 Å². The number of nitrogens with zero attached hydrogens (tertiary/aromatic N) is 1. The van der Waals surface area contributed by atoms with E-state index in [-0.39, 0.29) is 6.10 Å². The van der Waals surface area contributed by atoms with Gasteiger partial charge >= 0.3 is 0 Å². The van der Waals surface area contributed by atoms with Crippen LogP contribution in [0, 0.1) is 0 Å². The summed E-state index contributed by atoms with van der Waals surface area (Å²) >= 11 is 0. The average molecular weight is 285 g/mol. The summed E-state index contributed by atoms with van der Waals surface area (Å²) in [5.41, 5.74) is 3.30. The fourth-order valence-corrected chi connectivity index (χ4v) is 2.32. The third-order valence-corrected chi connectivity index (χ3v) is 3.66. The maximum Gasteiger partial charge on any atom is 0.119 e. The monoisotopic (exact) mass is 285 g/mol. The van der Waals surface area contributed by atoms with Gasteiger partial charge in [-0.1, -0.05) is 31.2 Å². The average Bonchev–Trinajstić information content (AvgIpc) is 2.54. The Labute approximate surface area is 126 Å². The van der Waals surface area contributed by atoms with E-state index >= 15 is 0 Å². The first-order valence-corrected chi connectivity index (χ1v) is 7.26. The topological polar surface area (TPSA) is 32.7 Å². The molecular weight excluding hydrogens is 262 g/mol. The van der Waals surface area contributed by atoms with Crippen LogP contribution in [0.1, 0.15) is 30.6 Å². The van der Waals surface area contributed by atoms with Crippen LogP contribution in [0.25, 0.3) is 0 Å². The number of methoxy groups -OCH3 is 1. The van der Waals surface area contributed by atoms with Gasteiger partial charge in [0.25, 0.3) is 0 Å². The highest BCUT2D eigenvalue weighted by molar-refractivity contribution is 5.48. The van der Waals surface area contributed by atoms with Crippen LogP contribution in [0.3, 0.4) is 0 Å². The summed E-state index contributed by atoms with van der Waals surface area (Å²) in [6.45, 7) is 2.79. The molecule has 0 saturated heterocycles. The Bertz CT molecular complexity index is 566. The predicted octanol–water partition coefficient (Wildman–Crippen LogP) is 3.78. The second kappa shape index (κ2) is 7.14. The molecule has 0 fully saturated rings. The minimum atomic E-state index is -0.372. The molecule has 2 aromatic rings. The minimum absolute atomic E-state index is 0.372. The Kier molecular flexibility index (Phi) is 5.23. The molecular formula is C18H23NO2. The third-order valence-electron chi connectivity index (χ3n) is 3.66.